The van der Waals surface area contributed by atoms with Gasteiger partial charge >= 0.3 is 0 Å². The highest BCUT2D eigenvalue weighted by molar-refractivity contribution is 7.85. The van der Waals surface area contributed by atoms with Crippen LogP contribution in [0.2, 0.25) is 0 Å². The van der Waals surface area contributed by atoms with Crippen LogP contribution >= 0.6 is 0 Å². The Balaban J connectivity index is 3.03. The van der Waals surface area contributed by atoms with Gasteiger partial charge in [-0.25, -0.2) is 0 Å². The molecule has 0 bridgehead atoms. The molecular formula is C16H33O3S. The lowest BCUT2D eigenvalue weighted by molar-refractivity contribution is 0.484. The van der Waals surface area contributed by atoms with E-state index in [1.807, 2.05) is 0 Å². The van der Waals surface area contributed by atoms with Crippen LogP contribution in [-0.4, -0.2) is 18.7 Å². The summed E-state index contributed by atoms with van der Waals surface area (Å²) in [5, 5.41) is 0. The van der Waals surface area contributed by atoms with Gasteiger partial charge in [0.15, 0.2) is 0 Å². The van der Waals surface area contributed by atoms with Gasteiger partial charge in [0.05, 0.1) is 5.75 Å². The summed E-state index contributed by atoms with van der Waals surface area (Å²) in [6.45, 7) is 2.25. The second-order valence-electron chi connectivity index (χ2n) is 5.72. The van der Waals surface area contributed by atoms with E-state index in [2.05, 4.69) is 6.92 Å². The zero-order valence-electron chi connectivity index (χ0n) is 13.1. The minimum Gasteiger partial charge on any atom is -0.286 e. The van der Waals surface area contributed by atoms with Crippen molar-refractivity contribution in [3.63, 3.8) is 0 Å². The van der Waals surface area contributed by atoms with E-state index in [0.717, 1.165) is 12.8 Å². The van der Waals surface area contributed by atoms with Crippen molar-refractivity contribution in [1.29, 1.82) is 0 Å². The fourth-order valence-corrected chi connectivity index (χ4v) is 2.83. The van der Waals surface area contributed by atoms with Crippen LogP contribution in [0, 0.1) is 6.42 Å². The molecule has 0 saturated heterocycles. The first-order chi connectivity index (χ1) is 9.56. The Morgan fingerprint density at radius 2 is 1.15 bits per heavy atom. The molecule has 0 aromatic rings. The molecule has 0 atom stereocenters. The van der Waals surface area contributed by atoms with Crippen LogP contribution in [-0.2, 0) is 10.1 Å². The second-order valence-corrected chi connectivity index (χ2v) is 7.21. The highest BCUT2D eigenvalue weighted by atomic mass is 32.2. The van der Waals surface area contributed by atoms with Crippen molar-refractivity contribution >= 4 is 10.1 Å². The maximum Gasteiger partial charge on any atom is 0.265 e. The van der Waals surface area contributed by atoms with Gasteiger partial charge in [0.2, 0.25) is 0 Å². The molecule has 1 radical (unpaired) electrons. The van der Waals surface area contributed by atoms with Crippen LogP contribution in [0.25, 0.3) is 0 Å². The van der Waals surface area contributed by atoms with E-state index >= 15 is 0 Å². The molecule has 0 aliphatic heterocycles. The van der Waals surface area contributed by atoms with Crippen LogP contribution in [0.5, 0.6) is 0 Å². The molecule has 4 heteroatoms. The molecule has 0 amide bonds. The minimum atomic E-state index is -3.80. The average molecular weight is 306 g/mol. The molecule has 0 unspecified atom stereocenters. The van der Waals surface area contributed by atoms with Gasteiger partial charge in [0.1, 0.15) is 0 Å². The quantitative estimate of drug-likeness (QED) is 0.335. The van der Waals surface area contributed by atoms with Crippen molar-refractivity contribution in [1.82, 2.24) is 0 Å². The molecule has 0 spiro atoms. The van der Waals surface area contributed by atoms with Crippen LogP contribution in [0.15, 0.2) is 0 Å². The molecule has 121 valence electrons. The normalized spacial score (nSPS) is 11.9. The highest BCUT2D eigenvalue weighted by Crippen LogP contribution is 2.12. The Labute approximate surface area is 126 Å². The van der Waals surface area contributed by atoms with Crippen molar-refractivity contribution in [3.8, 4) is 0 Å². The molecule has 0 aliphatic carbocycles. The Bertz CT molecular complexity index is 286. The van der Waals surface area contributed by atoms with Gasteiger partial charge in [0, 0.05) is 0 Å². The third-order valence-corrected chi connectivity index (χ3v) is 4.25. The summed E-state index contributed by atoms with van der Waals surface area (Å²) in [6.07, 6.45) is 18.2. The molecule has 0 heterocycles. The average Bonchev–Trinajstić information content (AvgIpc) is 2.38. The lowest BCUT2D eigenvalue weighted by Gasteiger charge is -2.02. The summed E-state index contributed by atoms with van der Waals surface area (Å²) in [7, 11) is -3.80. The Morgan fingerprint density at radius 3 is 1.55 bits per heavy atom. The first-order valence-electron chi connectivity index (χ1n) is 8.33. The van der Waals surface area contributed by atoms with Crippen molar-refractivity contribution in [3.05, 3.63) is 6.42 Å². The van der Waals surface area contributed by atoms with E-state index < -0.39 is 10.1 Å². The van der Waals surface area contributed by atoms with Gasteiger partial charge in [-0.1, -0.05) is 84.0 Å². The van der Waals surface area contributed by atoms with Gasteiger partial charge < -0.3 is 0 Å². The third-order valence-electron chi connectivity index (χ3n) is 3.59. The topological polar surface area (TPSA) is 54.4 Å². The maximum absolute atomic E-state index is 10.5. The standard InChI is InChI=1S/C16H33O3S/c1-2-3-4-5-6-7-8-9-10-11-12-13-14-15-16-20(17,18)19/h15H,2-14,16H2,1H3,(H,17,18,19). The van der Waals surface area contributed by atoms with Crippen molar-refractivity contribution < 1.29 is 13.0 Å². The number of unbranched alkanes of at least 4 members (excludes halogenated alkanes) is 13. The second kappa shape index (κ2) is 13.9. The van der Waals surface area contributed by atoms with E-state index in [4.69, 9.17) is 4.55 Å². The summed E-state index contributed by atoms with van der Waals surface area (Å²) >= 11 is 0. The fourth-order valence-electron chi connectivity index (χ4n) is 2.36. The molecule has 20 heavy (non-hydrogen) atoms. The van der Waals surface area contributed by atoms with Crippen LogP contribution in [0.4, 0.5) is 0 Å². The number of hydrogen-bond acceptors (Lipinski definition) is 2. The maximum atomic E-state index is 10.5. The first kappa shape index (κ1) is 19.9. The lowest BCUT2D eigenvalue weighted by Crippen LogP contribution is -2.03. The van der Waals surface area contributed by atoms with E-state index in [1.54, 1.807) is 6.42 Å². The van der Waals surface area contributed by atoms with Crippen molar-refractivity contribution in [2.75, 3.05) is 5.75 Å². The van der Waals surface area contributed by atoms with Gasteiger partial charge in [0.25, 0.3) is 10.1 Å². The molecule has 1 N–H and O–H groups in total. The van der Waals surface area contributed by atoms with Crippen LogP contribution < -0.4 is 0 Å². The van der Waals surface area contributed by atoms with Crippen LogP contribution in [0.3, 0.4) is 0 Å². The van der Waals surface area contributed by atoms with E-state index in [0.29, 0.717) is 0 Å². The predicted octanol–water partition coefficient (Wildman–Crippen LogP) is 5.17. The fraction of sp³-hybridized carbons (Fsp3) is 0.938. The smallest absolute Gasteiger partial charge is 0.265 e. The molecule has 0 rings (SSSR count). The Morgan fingerprint density at radius 1 is 0.750 bits per heavy atom. The Hall–Kier alpha value is -0.0900. The van der Waals surface area contributed by atoms with Crippen LogP contribution in [0.1, 0.15) is 90.4 Å². The van der Waals surface area contributed by atoms with Gasteiger partial charge in [-0.05, 0) is 12.8 Å². The first-order valence-corrected chi connectivity index (χ1v) is 9.94. The molecule has 0 aliphatic rings. The highest BCUT2D eigenvalue weighted by Gasteiger charge is 2.03. The molecular weight excluding hydrogens is 272 g/mol. The predicted molar refractivity (Wildman–Crippen MR) is 86.4 cm³/mol. The summed E-state index contributed by atoms with van der Waals surface area (Å²) in [5.74, 6) is -0.203. The summed E-state index contributed by atoms with van der Waals surface area (Å²) in [5.41, 5.74) is 0. The van der Waals surface area contributed by atoms with Crippen molar-refractivity contribution in [2.24, 2.45) is 0 Å². The zero-order chi connectivity index (χ0) is 15.1. The third kappa shape index (κ3) is 17.9. The molecule has 0 saturated carbocycles. The van der Waals surface area contributed by atoms with Gasteiger partial charge in [-0.3, -0.25) is 4.55 Å². The number of rotatable bonds is 15. The SMILES string of the molecule is CCCCCCCCCCCCCC[CH]CS(=O)(=O)O. The molecule has 0 aromatic heterocycles. The summed E-state index contributed by atoms with van der Waals surface area (Å²) in [6, 6.07) is 0. The zero-order valence-corrected chi connectivity index (χ0v) is 14.0. The Kier molecular flexibility index (Phi) is 13.8. The molecule has 0 fully saturated rings. The minimum absolute atomic E-state index is 0.203. The number of hydrogen-bond donors (Lipinski definition) is 1. The van der Waals surface area contributed by atoms with Gasteiger partial charge in [-0.2, -0.15) is 8.42 Å². The van der Waals surface area contributed by atoms with E-state index in [9.17, 15) is 8.42 Å². The lowest BCUT2D eigenvalue weighted by atomic mass is 10.0. The molecule has 0 aromatic carbocycles. The summed E-state index contributed by atoms with van der Waals surface area (Å²) in [4.78, 5) is 0. The largest absolute Gasteiger partial charge is 0.286 e. The van der Waals surface area contributed by atoms with E-state index in [-0.39, 0.29) is 5.75 Å². The van der Waals surface area contributed by atoms with Crippen molar-refractivity contribution in [2.45, 2.75) is 90.4 Å². The molecule has 3 nitrogen and oxygen atoms in total. The monoisotopic (exact) mass is 305 g/mol. The summed E-state index contributed by atoms with van der Waals surface area (Å²) < 4.78 is 29.5. The van der Waals surface area contributed by atoms with Gasteiger partial charge in [-0.15, -0.1) is 0 Å². The van der Waals surface area contributed by atoms with E-state index in [1.165, 1.54) is 70.6 Å².